The first-order chi connectivity index (χ1) is 15.0. The van der Waals surface area contributed by atoms with E-state index in [-0.39, 0.29) is 11.8 Å². The molecule has 156 valence electrons. The summed E-state index contributed by atoms with van der Waals surface area (Å²) in [6.07, 6.45) is 0. The van der Waals surface area contributed by atoms with E-state index in [0.29, 0.717) is 22.6 Å². The van der Waals surface area contributed by atoms with Crippen LogP contribution in [0.1, 0.15) is 22.8 Å². The van der Waals surface area contributed by atoms with Gasteiger partial charge in [-0.3, -0.25) is 9.59 Å². The predicted molar refractivity (Wildman–Crippen MR) is 122 cm³/mol. The van der Waals surface area contributed by atoms with Gasteiger partial charge in [-0.05, 0) is 72.3 Å². The van der Waals surface area contributed by atoms with E-state index < -0.39 is 0 Å². The van der Waals surface area contributed by atoms with Gasteiger partial charge < -0.3 is 14.2 Å². The largest absolute Gasteiger partial charge is 0.497 e. The zero-order chi connectivity index (χ0) is 22.0. The third-order valence-electron chi connectivity index (χ3n) is 4.85. The van der Waals surface area contributed by atoms with E-state index in [2.05, 4.69) is 0 Å². The van der Waals surface area contributed by atoms with Crippen molar-refractivity contribution in [1.82, 2.24) is 0 Å². The lowest BCUT2D eigenvalue weighted by Gasteiger charge is -2.07. The second-order valence-corrected chi connectivity index (χ2v) is 7.90. The minimum atomic E-state index is -0.378. The highest BCUT2D eigenvalue weighted by Gasteiger charge is 2.22. The SMILES string of the molecule is COc1ccc(C(=O)c2c(-c3ccc(OC(C)=O)cc3)sc3cc(OC)ccc23)cc1. The molecule has 0 radical (unpaired) electrons. The summed E-state index contributed by atoms with van der Waals surface area (Å²) in [6.45, 7) is 1.36. The highest BCUT2D eigenvalue weighted by atomic mass is 32.1. The number of rotatable bonds is 6. The third kappa shape index (κ3) is 4.15. The molecule has 0 unspecified atom stereocenters. The lowest BCUT2D eigenvalue weighted by molar-refractivity contribution is -0.131. The first-order valence-electron chi connectivity index (χ1n) is 9.58. The van der Waals surface area contributed by atoms with Crippen LogP contribution in [-0.2, 0) is 4.79 Å². The lowest BCUT2D eigenvalue weighted by Crippen LogP contribution is -2.02. The van der Waals surface area contributed by atoms with E-state index >= 15 is 0 Å². The minimum Gasteiger partial charge on any atom is -0.497 e. The fourth-order valence-electron chi connectivity index (χ4n) is 3.36. The van der Waals surface area contributed by atoms with Crippen LogP contribution in [0, 0.1) is 0 Å². The fourth-order valence-corrected chi connectivity index (χ4v) is 4.59. The monoisotopic (exact) mass is 432 g/mol. The number of hydrogen-bond acceptors (Lipinski definition) is 6. The van der Waals surface area contributed by atoms with Gasteiger partial charge in [-0.25, -0.2) is 0 Å². The van der Waals surface area contributed by atoms with Crippen LogP contribution in [0.15, 0.2) is 66.7 Å². The number of fused-ring (bicyclic) bond motifs is 1. The molecule has 4 aromatic rings. The van der Waals surface area contributed by atoms with Crippen LogP contribution >= 0.6 is 11.3 Å². The molecule has 0 aliphatic heterocycles. The van der Waals surface area contributed by atoms with Gasteiger partial charge in [0.1, 0.15) is 17.2 Å². The molecule has 1 heterocycles. The molecule has 0 aliphatic rings. The maximum atomic E-state index is 13.5. The summed E-state index contributed by atoms with van der Waals surface area (Å²) >= 11 is 1.52. The molecule has 0 fully saturated rings. The van der Waals surface area contributed by atoms with Crippen molar-refractivity contribution < 1.29 is 23.8 Å². The molecule has 0 amide bonds. The van der Waals surface area contributed by atoms with Crippen LogP contribution in [0.25, 0.3) is 20.5 Å². The molecule has 31 heavy (non-hydrogen) atoms. The Morgan fingerprint density at radius 3 is 2.00 bits per heavy atom. The average molecular weight is 432 g/mol. The van der Waals surface area contributed by atoms with Gasteiger partial charge in [0.05, 0.1) is 14.2 Å². The lowest BCUT2D eigenvalue weighted by atomic mass is 9.97. The van der Waals surface area contributed by atoms with Crippen LogP contribution in [0.2, 0.25) is 0 Å². The molecule has 0 bridgehead atoms. The van der Waals surface area contributed by atoms with E-state index in [0.717, 1.165) is 26.3 Å². The number of hydrogen-bond donors (Lipinski definition) is 0. The van der Waals surface area contributed by atoms with Gasteiger partial charge in [-0.1, -0.05) is 0 Å². The van der Waals surface area contributed by atoms with Crippen LogP contribution in [-0.4, -0.2) is 26.0 Å². The van der Waals surface area contributed by atoms with Gasteiger partial charge in [0, 0.05) is 33.0 Å². The maximum absolute atomic E-state index is 13.5. The van der Waals surface area contributed by atoms with E-state index in [1.54, 1.807) is 50.6 Å². The average Bonchev–Trinajstić information content (AvgIpc) is 3.17. The topological polar surface area (TPSA) is 61.8 Å². The number of esters is 1. The van der Waals surface area contributed by atoms with E-state index in [9.17, 15) is 9.59 Å². The molecular weight excluding hydrogens is 412 g/mol. The molecule has 6 heteroatoms. The fraction of sp³-hybridized carbons (Fsp3) is 0.120. The van der Waals surface area contributed by atoms with Gasteiger partial charge in [0.15, 0.2) is 5.78 Å². The second-order valence-electron chi connectivity index (χ2n) is 6.84. The maximum Gasteiger partial charge on any atom is 0.308 e. The van der Waals surface area contributed by atoms with Crippen molar-refractivity contribution in [3.63, 3.8) is 0 Å². The number of carbonyl (C=O) groups is 2. The highest BCUT2D eigenvalue weighted by molar-refractivity contribution is 7.22. The summed E-state index contributed by atoms with van der Waals surface area (Å²) in [5.74, 6) is 1.43. The highest BCUT2D eigenvalue weighted by Crippen LogP contribution is 2.41. The smallest absolute Gasteiger partial charge is 0.308 e. The number of ether oxygens (including phenoxy) is 3. The predicted octanol–water partition coefficient (Wildman–Crippen LogP) is 5.74. The van der Waals surface area contributed by atoms with Crippen molar-refractivity contribution in [2.24, 2.45) is 0 Å². The summed E-state index contributed by atoms with van der Waals surface area (Å²) < 4.78 is 16.7. The van der Waals surface area contributed by atoms with Crippen molar-refractivity contribution in [3.05, 3.63) is 77.9 Å². The summed E-state index contributed by atoms with van der Waals surface area (Å²) in [5, 5.41) is 0.866. The van der Waals surface area contributed by atoms with Gasteiger partial charge in [-0.15, -0.1) is 11.3 Å². The van der Waals surface area contributed by atoms with Crippen LogP contribution in [0.4, 0.5) is 0 Å². The summed E-state index contributed by atoms with van der Waals surface area (Å²) in [6, 6.07) is 19.9. The first-order valence-corrected chi connectivity index (χ1v) is 10.4. The Hall–Kier alpha value is -3.64. The van der Waals surface area contributed by atoms with Gasteiger partial charge in [0.25, 0.3) is 0 Å². The van der Waals surface area contributed by atoms with Crippen molar-refractivity contribution in [2.75, 3.05) is 14.2 Å². The Morgan fingerprint density at radius 2 is 1.39 bits per heavy atom. The Morgan fingerprint density at radius 1 is 0.774 bits per heavy atom. The van der Waals surface area contributed by atoms with Crippen LogP contribution < -0.4 is 14.2 Å². The van der Waals surface area contributed by atoms with Crippen LogP contribution in [0.3, 0.4) is 0 Å². The number of methoxy groups -OCH3 is 2. The van der Waals surface area contributed by atoms with E-state index in [1.165, 1.54) is 18.3 Å². The van der Waals surface area contributed by atoms with E-state index in [1.807, 2.05) is 30.3 Å². The zero-order valence-electron chi connectivity index (χ0n) is 17.3. The molecule has 3 aromatic carbocycles. The Kier molecular flexibility index (Phi) is 5.73. The van der Waals surface area contributed by atoms with Gasteiger partial charge >= 0.3 is 5.97 Å². The number of ketones is 1. The molecule has 0 spiro atoms. The van der Waals surface area contributed by atoms with Gasteiger partial charge in [0.2, 0.25) is 0 Å². The molecule has 5 nitrogen and oxygen atoms in total. The molecule has 0 aliphatic carbocycles. The molecular formula is C25H20O5S. The quantitative estimate of drug-likeness (QED) is 0.221. The number of thiophene rings is 1. The standard InChI is InChI=1S/C25H20O5S/c1-15(26)30-19-10-6-17(7-11-19)25-23(21-13-12-20(29-3)14-22(21)31-25)24(27)16-4-8-18(28-2)9-5-16/h4-14H,1-3H3. The summed E-state index contributed by atoms with van der Waals surface area (Å²) in [4.78, 5) is 25.6. The Bertz CT molecular complexity index is 1250. The first kappa shape index (κ1) is 20.6. The normalized spacial score (nSPS) is 10.7. The molecule has 0 saturated heterocycles. The Balaban J connectivity index is 1.85. The Labute approximate surface area is 183 Å². The summed E-state index contributed by atoms with van der Waals surface area (Å²) in [5.41, 5.74) is 2.08. The van der Waals surface area contributed by atoms with Gasteiger partial charge in [-0.2, -0.15) is 0 Å². The molecule has 0 N–H and O–H groups in total. The van der Waals surface area contributed by atoms with Crippen LogP contribution in [0.5, 0.6) is 17.2 Å². The van der Waals surface area contributed by atoms with Crippen molar-refractivity contribution in [2.45, 2.75) is 6.92 Å². The zero-order valence-corrected chi connectivity index (χ0v) is 18.1. The van der Waals surface area contributed by atoms with Crippen molar-refractivity contribution in [1.29, 1.82) is 0 Å². The second kappa shape index (κ2) is 8.62. The van der Waals surface area contributed by atoms with E-state index in [4.69, 9.17) is 14.2 Å². The van der Waals surface area contributed by atoms with Crippen molar-refractivity contribution >= 4 is 33.2 Å². The molecule has 0 atom stereocenters. The summed E-state index contributed by atoms with van der Waals surface area (Å²) in [7, 11) is 3.21. The molecule has 0 saturated carbocycles. The number of carbonyl (C=O) groups excluding carboxylic acids is 2. The van der Waals surface area contributed by atoms with Crippen molar-refractivity contribution in [3.8, 4) is 27.7 Å². The number of benzene rings is 3. The molecule has 4 rings (SSSR count). The third-order valence-corrected chi connectivity index (χ3v) is 6.06. The minimum absolute atomic E-state index is 0.0712. The molecule has 1 aromatic heterocycles.